The maximum absolute atomic E-state index is 13.3. The molecule has 2 saturated heterocycles. The third kappa shape index (κ3) is 4.62. The Kier molecular flexibility index (Phi) is 6.70. The number of benzene rings is 1. The van der Waals surface area contributed by atoms with Crippen molar-refractivity contribution in [3.8, 4) is 0 Å². The summed E-state index contributed by atoms with van der Waals surface area (Å²) in [6.45, 7) is 2.95. The fourth-order valence-corrected chi connectivity index (χ4v) is 7.02. The highest BCUT2D eigenvalue weighted by atomic mass is 32.2. The van der Waals surface area contributed by atoms with Crippen molar-refractivity contribution >= 4 is 15.9 Å². The quantitative estimate of drug-likeness (QED) is 0.659. The number of hydrogen-bond donors (Lipinski definition) is 0. The van der Waals surface area contributed by atoms with E-state index in [4.69, 9.17) is 0 Å². The third-order valence-corrected chi connectivity index (χ3v) is 9.40. The number of halogens is 1. The lowest BCUT2D eigenvalue weighted by Gasteiger charge is -2.37. The first-order valence-electron chi connectivity index (χ1n) is 12.4. The van der Waals surface area contributed by atoms with Gasteiger partial charge in [-0.05, 0) is 62.8 Å². The van der Waals surface area contributed by atoms with Crippen molar-refractivity contribution in [3.05, 3.63) is 41.7 Å². The first kappa shape index (κ1) is 23.4. The first-order chi connectivity index (χ1) is 16.4. The summed E-state index contributed by atoms with van der Waals surface area (Å²) in [7, 11) is -3.68. The molecule has 2 fully saturated rings. The number of likely N-dealkylation sites (tertiary alicyclic amines) is 1. The molecule has 1 atom stereocenters. The maximum Gasteiger partial charge on any atom is 0.243 e. The largest absolute Gasteiger partial charge is 0.342 e. The van der Waals surface area contributed by atoms with Gasteiger partial charge in [0.2, 0.25) is 15.9 Å². The van der Waals surface area contributed by atoms with E-state index < -0.39 is 15.8 Å². The van der Waals surface area contributed by atoms with Gasteiger partial charge in [-0.3, -0.25) is 4.79 Å². The predicted molar refractivity (Wildman–Crippen MR) is 124 cm³/mol. The Hall–Kier alpha value is -2.33. The van der Waals surface area contributed by atoms with Crippen LogP contribution < -0.4 is 0 Å². The normalized spacial score (nSPS) is 22.9. The average Bonchev–Trinajstić information content (AvgIpc) is 3.12. The summed E-state index contributed by atoms with van der Waals surface area (Å²) < 4.78 is 42.7. The van der Waals surface area contributed by atoms with Gasteiger partial charge in [-0.2, -0.15) is 4.31 Å². The molecule has 34 heavy (non-hydrogen) atoms. The number of aryl methyl sites for hydroxylation is 1. The van der Waals surface area contributed by atoms with E-state index in [2.05, 4.69) is 14.8 Å². The molecule has 1 aromatic heterocycles. The highest BCUT2D eigenvalue weighted by Gasteiger charge is 2.36. The smallest absolute Gasteiger partial charge is 0.243 e. The molecule has 0 aliphatic carbocycles. The van der Waals surface area contributed by atoms with Crippen LogP contribution in [-0.2, 0) is 27.8 Å². The Morgan fingerprint density at radius 1 is 0.912 bits per heavy atom. The lowest BCUT2D eigenvalue weighted by molar-refractivity contribution is -0.138. The average molecular weight is 490 g/mol. The lowest BCUT2D eigenvalue weighted by atomic mass is 9.92. The Morgan fingerprint density at radius 2 is 1.68 bits per heavy atom. The van der Waals surface area contributed by atoms with Gasteiger partial charge in [-0.1, -0.05) is 6.42 Å². The van der Waals surface area contributed by atoms with Gasteiger partial charge >= 0.3 is 0 Å². The number of hydrogen-bond acceptors (Lipinski definition) is 5. The summed E-state index contributed by atoms with van der Waals surface area (Å²) in [5.41, 5.74) is 0. The van der Waals surface area contributed by atoms with E-state index in [1.165, 1.54) is 22.9 Å². The van der Waals surface area contributed by atoms with Crippen molar-refractivity contribution < 1.29 is 17.6 Å². The van der Waals surface area contributed by atoms with Crippen LogP contribution >= 0.6 is 0 Å². The second-order valence-corrected chi connectivity index (χ2v) is 11.6. The monoisotopic (exact) mass is 489 g/mol. The van der Waals surface area contributed by atoms with Gasteiger partial charge in [-0.15, -0.1) is 10.2 Å². The van der Waals surface area contributed by atoms with E-state index in [-0.39, 0.29) is 22.6 Å². The van der Waals surface area contributed by atoms with Crippen LogP contribution in [0.2, 0.25) is 0 Å². The third-order valence-electron chi connectivity index (χ3n) is 7.49. The summed E-state index contributed by atoms with van der Waals surface area (Å²) in [6.07, 6.45) is 7.44. The molecule has 3 aliphatic heterocycles. The van der Waals surface area contributed by atoms with Crippen molar-refractivity contribution in [2.45, 2.75) is 68.7 Å². The Balaban J connectivity index is 1.21. The first-order valence-corrected chi connectivity index (χ1v) is 13.8. The van der Waals surface area contributed by atoms with Crippen LogP contribution in [0.15, 0.2) is 29.2 Å². The maximum atomic E-state index is 13.3. The molecular formula is C24H32FN5O3S. The SMILES string of the molecule is O=C(C1CCN(S(=O)(=O)c2ccc(F)cc2)CC1)N1CCCC(c2nnc3n2CCCCC3)C1. The van der Waals surface area contributed by atoms with E-state index >= 15 is 0 Å². The molecule has 1 unspecified atom stereocenters. The van der Waals surface area contributed by atoms with E-state index in [0.29, 0.717) is 32.5 Å². The number of rotatable bonds is 4. The number of carbonyl (C=O) groups is 1. The summed E-state index contributed by atoms with van der Waals surface area (Å²) in [6, 6.07) is 4.90. The number of sulfonamides is 1. The van der Waals surface area contributed by atoms with Crippen molar-refractivity contribution in [1.82, 2.24) is 24.0 Å². The summed E-state index contributed by atoms with van der Waals surface area (Å²) in [5.74, 6) is 1.79. The highest BCUT2D eigenvalue weighted by molar-refractivity contribution is 7.89. The second-order valence-electron chi connectivity index (χ2n) is 9.69. The Morgan fingerprint density at radius 3 is 2.44 bits per heavy atom. The summed E-state index contributed by atoms with van der Waals surface area (Å²) in [5, 5.41) is 8.96. The van der Waals surface area contributed by atoms with Crippen molar-refractivity contribution in [2.24, 2.45) is 5.92 Å². The Bertz CT molecular complexity index is 1130. The van der Waals surface area contributed by atoms with E-state index in [9.17, 15) is 17.6 Å². The molecule has 0 radical (unpaired) electrons. The fraction of sp³-hybridized carbons (Fsp3) is 0.625. The van der Waals surface area contributed by atoms with Crippen LogP contribution in [0.3, 0.4) is 0 Å². The molecule has 10 heteroatoms. The zero-order valence-electron chi connectivity index (χ0n) is 19.4. The van der Waals surface area contributed by atoms with Gasteiger partial charge < -0.3 is 9.47 Å². The van der Waals surface area contributed by atoms with Crippen LogP contribution in [0.5, 0.6) is 0 Å². The van der Waals surface area contributed by atoms with E-state index in [1.54, 1.807) is 0 Å². The van der Waals surface area contributed by atoms with E-state index in [1.807, 2.05) is 4.90 Å². The number of piperidine rings is 2. The van der Waals surface area contributed by atoms with Crippen LogP contribution in [0.25, 0.3) is 0 Å². The van der Waals surface area contributed by atoms with Gasteiger partial charge in [0.25, 0.3) is 0 Å². The Labute approximate surface area is 200 Å². The minimum absolute atomic E-state index is 0.0880. The fourth-order valence-electron chi connectivity index (χ4n) is 5.55. The topological polar surface area (TPSA) is 88.4 Å². The van der Waals surface area contributed by atoms with Crippen molar-refractivity contribution in [1.29, 1.82) is 0 Å². The zero-order chi connectivity index (χ0) is 23.7. The molecule has 0 saturated carbocycles. The van der Waals surface area contributed by atoms with Gasteiger partial charge in [0.05, 0.1) is 4.90 Å². The van der Waals surface area contributed by atoms with Gasteiger partial charge in [0.1, 0.15) is 17.5 Å². The summed E-state index contributed by atoms with van der Waals surface area (Å²) >= 11 is 0. The molecular weight excluding hydrogens is 457 g/mol. The predicted octanol–water partition coefficient (Wildman–Crippen LogP) is 2.95. The van der Waals surface area contributed by atoms with E-state index in [0.717, 1.165) is 69.0 Å². The zero-order valence-corrected chi connectivity index (χ0v) is 20.2. The summed E-state index contributed by atoms with van der Waals surface area (Å²) in [4.78, 5) is 15.4. The molecule has 0 bridgehead atoms. The molecule has 3 aliphatic rings. The van der Waals surface area contributed by atoms with Crippen LogP contribution in [0.4, 0.5) is 4.39 Å². The van der Waals surface area contributed by atoms with Crippen molar-refractivity contribution in [3.63, 3.8) is 0 Å². The lowest BCUT2D eigenvalue weighted by Crippen LogP contribution is -2.47. The second kappa shape index (κ2) is 9.73. The van der Waals surface area contributed by atoms with Gasteiger partial charge in [0.15, 0.2) is 0 Å². The van der Waals surface area contributed by atoms with Crippen molar-refractivity contribution in [2.75, 3.05) is 26.2 Å². The van der Waals surface area contributed by atoms with Gasteiger partial charge in [-0.25, -0.2) is 12.8 Å². The molecule has 4 heterocycles. The standard InChI is InChI=1S/C24H32FN5O3S/c25-20-7-9-21(10-8-20)34(32,33)29-15-11-18(12-16-29)24(31)28-13-4-5-19(17-28)23-27-26-22-6-2-1-3-14-30(22)23/h7-10,18-19H,1-6,11-17H2. The number of carbonyl (C=O) groups excluding carboxylic acids is 1. The van der Waals surface area contributed by atoms with Crippen LogP contribution in [0, 0.1) is 11.7 Å². The van der Waals surface area contributed by atoms with Gasteiger partial charge in [0, 0.05) is 51.0 Å². The molecule has 1 amide bonds. The number of nitrogens with zero attached hydrogens (tertiary/aromatic N) is 5. The molecule has 0 N–H and O–H groups in total. The molecule has 2 aromatic rings. The molecule has 0 spiro atoms. The molecule has 184 valence electrons. The number of fused-ring (bicyclic) bond motifs is 1. The molecule has 8 nitrogen and oxygen atoms in total. The van der Waals surface area contributed by atoms with Crippen LogP contribution in [-0.4, -0.2) is 64.5 Å². The molecule has 5 rings (SSSR count). The number of aromatic nitrogens is 3. The molecule has 1 aromatic carbocycles. The number of amides is 1. The minimum Gasteiger partial charge on any atom is -0.342 e. The highest BCUT2D eigenvalue weighted by Crippen LogP contribution is 2.31. The minimum atomic E-state index is -3.68. The van der Waals surface area contributed by atoms with Crippen LogP contribution in [0.1, 0.15) is 62.5 Å².